The van der Waals surface area contributed by atoms with Crippen LogP contribution in [0.4, 0.5) is 0 Å². The van der Waals surface area contributed by atoms with Crippen molar-refractivity contribution in [3.63, 3.8) is 0 Å². The molecule has 0 radical (unpaired) electrons. The number of hydrogen-bond acceptors (Lipinski definition) is 2. The van der Waals surface area contributed by atoms with Crippen LogP contribution in [-0.2, 0) is 6.42 Å². The normalized spacial score (nSPS) is 12.7. The van der Waals surface area contributed by atoms with Gasteiger partial charge in [-0.2, -0.15) is 0 Å². The molecule has 0 spiro atoms. The zero-order chi connectivity index (χ0) is 12.4. The van der Waals surface area contributed by atoms with Crippen molar-refractivity contribution in [1.82, 2.24) is 0 Å². The summed E-state index contributed by atoms with van der Waals surface area (Å²) in [6, 6.07) is 9.84. The topological polar surface area (TPSA) is 39.2 Å². The second-order valence-electron chi connectivity index (χ2n) is 4.41. The van der Waals surface area contributed by atoms with E-state index in [1.54, 1.807) is 0 Å². The van der Waals surface area contributed by atoms with Crippen molar-refractivity contribution in [2.75, 3.05) is 0 Å². The molecule has 2 nitrogen and oxygen atoms in total. The first-order valence-electron chi connectivity index (χ1n) is 5.67. The molecule has 0 saturated heterocycles. The van der Waals surface area contributed by atoms with Crippen LogP contribution < -0.4 is 5.73 Å². The van der Waals surface area contributed by atoms with Crippen molar-refractivity contribution >= 4 is 11.6 Å². The molecular formula is C14H16ClNO. The lowest BCUT2D eigenvalue weighted by Gasteiger charge is -2.04. The van der Waals surface area contributed by atoms with Crippen LogP contribution in [0.15, 0.2) is 34.7 Å². The molecule has 0 aliphatic rings. The van der Waals surface area contributed by atoms with Crippen LogP contribution >= 0.6 is 11.6 Å². The number of aryl methyl sites for hydroxylation is 1. The summed E-state index contributed by atoms with van der Waals surface area (Å²) in [5.74, 6) is 1.76. The van der Waals surface area contributed by atoms with Gasteiger partial charge in [-0.25, -0.2) is 0 Å². The first-order chi connectivity index (χ1) is 8.06. The average Bonchev–Trinajstić information content (AvgIpc) is 2.69. The number of halogens is 1. The van der Waals surface area contributed by atoms with E-state index in [9.17, 15) is 0 Å². The van der Waals surface area contributed by atoms with E-state index in [1.165, 1.54) is 0 Å². The molecule has 1 atom stereocenters. The minimum atomic E-state index is 0.106. The fourth-order valence-corrected chi connectivity index (χ4v) is 1.98. The lowest BCUT2D eigenvalue weighted by Crippen LogP contribution is -2.17. The van der Waals surface area contributed by atoms with Gasteiger partial charge in [0.05, 0.1) is 0 Å². The molecule has 1 heterocycles. The molecule has 90 valence electrons. The van der Waals surface area contributed by atoms with Gasteiger partial charge in [-0.05, 0) is 43.7 Å². The molecule has 17 heavy (non-hydrogen) atoms. The SMILES string of the molecule is Cc1ccc(Cl)cc1-c1ccc(CC(C)N)o1. The fraction of sp³-hybridized carbons (Fsp3) is 0.286. The maximum absolute atomic E-state index is 6.00. The fourth-order valence-electron chi connectivity index (χ4n) is 1.81. The Kier molecular flexibility index (Phi) is 3.55. The summed E-state index contributed by atoms with van der Waals surface area (Å²) < 4.78 is 5.78. The molecule has 1 aromatic heterocycles. The Bertz CT molecular complexity index is 517. The van der Waals surface area contributed by atoms with Gasteiger partial charge in [0, 0.05) is 23.0 Å². The van der Waals surface area contributed by atoms with Crippen LogP contribution in [0, 0.1) is 6.92 Å². The molecule has 0 aliphatic carbocycles. The summed E-state index contributed by atoms with van der Waals surface area (Å²) in [6.45, 7) is 4.01. The van der Waals surface area contributed by atoms with Crippen LogP contribution in [0.25, 0.3) is 11.3 Å². The van der Waals surface area contributed by atoms with Gasteiger partial charge in [-0.1, -0.05) is 17.7 Å². The zero-order valence-corrected chi connectivity index (χ0v) is 10.8. The second-order valence-corrected chi connectivity index (χ2v) is 4.84. The van der Waals surface area contributed by atoms with Crippen molar-refractivity contribution in [3.8, 4) is 11.3 Å². The first-order valence-corrected chi connectivity index (χ1v) is 6.05. The van der Waals surface area contributed by atoms with E-state index in [2.05, 4.69) is 0 Å². The maximum atomic E-state index is 6.00. The predicted octanol–water partition coefficient (Wildman–Crippen LogP) is 3.80. The Labute approximate surface area is 106 Å². The van der Waals surface area contributed by atoms with Crippen molar-refractivity contribution in [1.29, 1.82) is 0 Å². The van der Waals surface area contributed by atoms with E-state index in [4.69, 9.17) is 21.8 Å². The van der Waals surface area contributed by atoms with Gasteiger partial charge in [0.1, 0.15) is 11.5 Å². The molecule has 2 aromatic rings. The summed E-state index contributed by atoms with van der Waals surface area (Å²) >= 11 is 6.00. The molecule has 0 aliphatic heterocycles. The van der Waals surface area contributed by atoms with Crippen molar-refractivity contribution in [3.05, 3.63) is 46.7 Å². The highest BCUT2D eigenvalue weighted by Gasteiger charge is 2.09. The monoisotopic (exact) mass is 249 g/mol. The van der Waals surface area contributed by atoms with Crippen LogP contribution in [0.5, 0.6) is 0 Å². The van der Waals surface area contributed by atoms with Crippen LogP contribution in [0.1, 0.15) is 18.2 Å². The smallest absolute Gasteiger partial charge is 0.134 e. The third-order valence-corrected chi connectivity index (χ3v) is 2.88. The second kappa shape index (κ2) is 4.94. The molecule has 0 fully saturated rings. The van der Waals surface area contributed by atoms with Gasteiger partial charge in [-0.3, -0.25) is 0 Å². The summed E-state index contributed by atoms with van der Waals surface area (Å²) in [7, 11) is 0. The highest BCUT2D eigenvalue weighted by Crippen LogP contribution is 2.28. The predicted molar refractivity (Wildman–Crippen MR) is 71.2 cm³/mol. The van der Waals surface area contributed by atoms with E-state index in [1.807, 2.05) is 44.2 Å². The van der Waals surface area contributed by atoms with Crippen molar-refractivity contribution in [2.45, 2.75) is 26.3 Å². The molecule has 1 aromatic carbocycles. The van der Waals surface area contributed by atoms with E-state index < -0.39 is 0 Å². The standard InChI is InChI=1S/C14H16ClNO/c1-9-3-4-11(15)8-13(9)14-6-5-12(17-14)7-10(2)16/h3-6,8,10H,7,16H2,1-2H3. The van der Waals surface area contributed by atoms with Gasteiger partial charge < -0.3 is 10.2 Å². The van der Waals surface area contributed by atoms with Crippen LogP contribution in [0.3, 0.4) is 0 Å². The molecule has 1 unspecified atom stereocenters. The van der Waals surface area contributed by atoms with Gasteiger partial charge in [0.2, 0.25) is 0 Å². The third-order valence-electron chi connectivity index (χ3n) is 2.65. The number of furan rings is 1. The van der Waals surface area contributed by atoms with Crippen molar-refractivity contribution in [2.24, 2.45) is 5.73 Å². The highest BCUT2D eigenvalue weighted by molar-refractivity contribution is 6.30. The maximum Gasteiger partial charge on any atom is 0.134 e. The molecule has 3 heteroatoms. The Morgan fingerprint density at radius 1 is 1.29 bits per heavy atom. The van der Waals surface area contributed by atoms with Gasteiger partial charge in [-0.15, -0.1) is 0 Å². The van der Waals surface area contributed by atoms with E-state index in [0.29, 0.717) is 0 Å². The summed E-state index contributed by atoms with van der Waals surface area (Å²) in [5, 5.41) is 0.718. The summed E-state index contributed by atoms with van der Waals surface area (Å²) in [6.07, 6.45) is 0.750. The number of rotatable bonds is 3. The number of nitrogens with two attached hydrogens (primary N) is 1. The largest absolute Gasteiger partial charge is 0.461 e. The Morgan fingerprint density at radius 2 is 2.06 bits per heavy atom. The molecular weight excluding hydrogens is 234 g/mol. The molecule has 0 amide bonds. The third kappa shape index (κ3) is 2.90. The van der Waals surface area contributed by atoms with Gasteiger partial charge in [0.15, 0.2) is 0 Å². The van der Waals surface area contributed by atoms with Crippen LogP contribution in [0.2, 0.25) is 5.02 Å². The Morgan fingerprint density at radius 3 is 2.76 bits per heavy atom. The molecule has 0 saturated carbocycles. The van der Waals surface area contributed by atoms with E-state index in [0.717, 1.165) is 34.1 Å². The minimum Gasteiger partial charge on any atom is -0.461 e. The summed E-state index contributed by atoms with van der Waals surface area (Å²) in [5.41, 5.74) is 7.93. The van der Waals surface area contributed by atoms with Gasteiger partial charge in [0.25, 0.3) is 0 Å². The van der Waals surface area contributed by atoms with Crippen LogP contribution in [-0.4, -0.2) is 6.04 Å². The molecule has 2 rings (SSSR count). The minimum absolute atomic E-state index is 0.106. The molecule has 0 bridgehead atoms. The van der Waals surface area contributed by atoms with E-state index >= 15 is 0 Å². The highest BCUT2D eigenvalue weighted by atomic mass is 35.5. The number of benzene rings is 1. The van der Waals surface area contributed by atoms with Crippen molar-refractivity contribution < 1.29 is 4.42 Å². The molecule has 2 N–H and O–H groups in total. The first kappa shape index (κ1) is 12.2. The summed E-state index contributed by atoms with van der Waals surface area (Å²) in [4.78, 5) is 0. The zero-order valence-electron chi connectivity index (χ0n) is 10.0. The Balaban J connectivity index is 2.33. The Hall–Kier alpha value is -1.25. The number of hydrogen-bond donors (Lipinski definition) is 1. The average molecular weight is 250 g/mol. The van der Waals surface area contributed by atoms with E-state index in [-0.39, 0.29) is 6.04 Å². The lowest BCUT2D eigenvalue weighted by atomic mass is 10.1. The quantitative estimate of drug-likeness (QED) is 0.899. The lowest BCUT2D eigenvalue weighted by molar-refractivity contribution is 0.503. The van der Waals surface area contributed by atoms with Gasteiger partial charge >= 0.3 is 0 Å².